The van der Waals surface area contributed by atoms with Gasteiger partial charge in [0.05, 0.1) is 5.69 Å². The van der Waals surface area contributed by atoms with Crippen molar-refractivity contribution in [2.45, 2.75) is 5.75 Å². The molecule has 0 unspecified atom stereocenters. The lowest BCUT2D eigenvalue weighted by Crippen LogP contribution is -2.36. The van der Waals surface area contributed by atoms with Crippen molar-refractivity contribution in [2.75, 3.05) is 19.3 Å². The van der Waals surface area contributed by atoms with Crippen LogP contribution < -0.4 is 21.7 Å². The van der Waals surface area contributed by atoms with E-state index in [1.165, 1.54) is 11.3 Å². The molecule has 0 fully saturated rings. The number of rotatable bonds is 7. The fraction of sp³-hybridized carbons (Fsp3) is 0.235. The second kappa shape index (κ2) is 11.6. The van der Waals surface area contributed by atoms with Gasteiger partial charge in [0.15, 0.2) is 6.19 Å². The largest absolute Gasteiger partial charge is 0.369 e. The van der Waals surface area contributed by atoms with Crippen molar-refractivity contribution in [1.82, 2.24) is 20.9 Å². The van der Waals surface area contributed by atoms with Gasteiger partial charge in [-0.25, -0.2) is 4.98 Å². The van der Waals surface area contributed by atoms with Crippen LogP contribution in [0.15, 0.2) is 45.7 Å². The maximum Gasteiger partial charge on any atom is 0.257 e. The first-order chi connectivity index (χ1) is 13.6. The summed E-state index contributed by atoms with van der Waals surface area (Å²) in [6.07, 6.45) is 1.82. The average molecular weight is 417 g/mol. The average Bonchev–Trinajstić information content (AvgIpc) is 3.14. The van der Waals surface area contributed by atoms with Crippen molar-refractivity contribution in [2.24, 2.45) is 15.7 Å². The van der Waals surface area contributed by atoms with Gasteiger partial charge in [-0.15, -0.1) is 11.3 Å². The summed E-state index contributed by atoms with van der Waals surface area (Å²) in [7, 11) is 1.60. The number of hydrogen-bond acceptors (Lipinski definition) is 7. The Morgan fingerprint density at radius 3 is 2.89 bits per heavy atom. The zero-order chi connectivity index (χ0) is 20.2. The number of thioether (sulfide) groups is 1. The summed E-state index contributed by atoms with van der Waals surface area (Å²) in [5, 5.41) is 19.0. The first-order valence-electron chi connectivity index (χ1n) is 8.21. The fourth-order valence-electron chi connectivity index (χ4n) is 1.97. The second-order valence-electron chi connectivity index (χ2n) is 5.23. The zero-order valence-electron chi connectivity index (χ0n) is 15.2. The molecule has 0 radical (unpaired) electrons. The number of aromatic nitrogens is 1. The van der Waals surface area contributed by atoms with Crippen LogP contribution in [0.1, 0.15) is 16.1 Å². The van der Waals surface area contributed by atoms with Gasteiger partial charge >= 0.3 is 0 Å². The number of hydrogen-bond donors (Lipinski definition) is 4. The molecule has 9 nitrogen and oxygen atoms in total. The number of aliphatic imine (C=N–C) groups is 2. The maximum absolute atomic E-state index is 12.0. The normalized spacial score (nSPS) is 11.6. The molecule has 0 aliphatic heterocycles. The van der Waals surface area contributed by atoms with Crippen LogP contribution in [0.5, 0.6) is 0 Å². The van der Waals surface area contributed by atoms with Gasteiger partial charge in [-0.1, -0.05) is 18.2 Å². The molecule has 1 aromatic carbocycles. The summed E-state index contributed by atoms with van der Waals surface area (Å²) < 4.78 is 0. The summed E-state index contributed by atoms with van der Waals surface area (Å²) in [5.41, 5.74) is 7.18. The molecule has 0 aliphatic rings. The predicted octanol–water partition coefficient (Wildman–Crippen LogP) is 1.40. The highest BCUT2D eigenvalue weighted by Gasteiger charge is 2.07. The van der Waals surface area contributed by atoms with Gasteiger partial charge in [-0.2, -0.15) is 22.0 Å². The molecule has 2 rings (SSSR count). The number of carbonyl (C=O) groups excluding carboxylic acids is 1. The third-order valence-electron chi connectivity index (χ3n) is 3.22. The topological polar surface area (TPSA) is 141 Å². The molecule has 1 amide bonds. The number of nitrogens with one attached hydrogen (secondary N) is 3. The number of carbonyl (C=O) groups is 1. The number of amides is 1. The minimum atomic E-state index is -0.317. The molecule has 146 valence electrons. The van der Waals surface area contributed by atoms with Crippen molar-refractivity contribution in [3.8, 4) is 6.19 Å². The molecule has 0 bridgehead atoms. The van der Waals surface area contributed by atoms with Crippen LogP contribution in [0.2, 0.25) is 0 Å². The van der Waals surface area contributed by atoms with Crippen molar-refractivity contribution in [3.05, 3.63) is 47.0 Å². The summed E-state index contributed by atoms with van der Waals surface area (Å²) >= 11 is 3.04. The van der Waals surface area contributed by atoms with Crippen LogP contribution in [0.3, 0.4) is 0 Å². The monoisotopic (exact) mass is 416 g/mol. The Balaban J connectivity index is 1.76. The SMILES string of the molecule is CN=C(NC#N)NCCSCc1csc(/N=C(\N)NC(=O)c2ccccc2)n1. The molecule has 0 aliphatic carbocycles. The summed E-state index contributed by atoms with van der Waals surface area (Å²) in [4.78, 5) is 24.5. The van der Waals surface area contributed by atoms with Crippen LogP contribution >= 0.6 is 23.1 Å². The first-order valence-corrected chi connectivity index (χ1v) is 10.2. The first kappa shape index (κ1) is 21.2. The molecule has 1 heterocycles. The molecule has 0 atom stereocenters. The smallest absolute Gasteiger partial charge is 0.257 e. The fourth-order valence-corrected chi connectivity index (χ4v) is 3.53. The van der Waals surface area contributed by atoms with E-state index in [4.69, 9.17) is 11.0 Å². The lowest BCUT2D eigenvalue weighted by molar-refractivity contribution is 0.0976. The van der Waals surface area contributed by atoms with Crippen molar-refractivity contribution in [1.29, 1.82) is 5.26 Å². The van der Waals surface area contributed by atoms with E-state index in [2.05, 4.69) is 30.9 Å². The second-order valence-corrected chi connectivity index (χ2v) is 7.17. The highest BCUT2D eigenvalue weighted by Crippen LogP contribution is 2.21. The molecule has 2 aromatic rings. The molecule has 0 saturated carbocycles. The molecular formula is C17H20N8OS2. The van der Waals surface area contributed by atoms with Gasteiger partial charge in [-0.3, -0.25) is 20.4 Å². The molecule has 0 spiro atoms. The van der Waals surface area contributed by atoms with Gasteiger partial charge in [0.1, 0.15) is 0 Å². The predicted molar refractivity (Wildman–Crippen MR) is 114 cm³/mol. The number of thiazole rings is 1. The van der Waals surface area contributed by atoms with E-state index >= 15 is 0 Å². The molecule has 0 saturated heterocycles. The van der Waals surface area contributed by atoms with Gasteiger partial charge in [0.2, 0.25) is 17.1 Å². The number of nitriles is 1. The number of nitrogens with two attached hydrogens (primary N) is 1. The van der Waals surface area contributed by atoms with E-state index < -0.39 is 0 Å². The summed E-state index contributed by atoms with van der Waals surface area (Å²) in [6, 6.07) is 8.78. The van der Waals surface area contributed by atoms with E-state index in [0.717, 1.165) is 11.4 Å². The highest BCUT2D eigenvalue weighted by molar-refractivity contribution is 7.98. The maximum atomic E-state index is 12.0. The lowest BCUT2D eigenvalue weighted by atomic mass is 10.2. The molecule has 11 heteroatoms. The van der Waals surface area contributed by atoms with Crippen molar-refractivity contribution < 1.29 is 4.79 Å². The number of benzene rings is 1. The van der Waals surface area contributed by atoms with E-state index in [9.17, 15) is 4.79 Å². The van der Waals surface area contributed by atoms with Gasteiger partial charge in [-0.05, 0) is 12.1 Å². The van der Waals surface area contributed by atoms with Gasteiger partial charge < -0.3 is 11.1 Å². The van der Waals surface area contributed by atoms with Gasteiger partial charge in [0.25, 0.3) is 5.91 Å². The Kier molecular flexibility index (Phi) is 8.77. The minimum absolute atomic E-state index is 0.00276. The number of nitrogens with zero attached hydrogens (tertiary/aromatic N) is 4. The number of guanidine groups is 2. The van der Waals surface area contributed by atoms with E-state index in [1.807, 2.05) is 17.6 Å². The van der Waals surface area contributed by atoms with Crippen LogP contribution in [-0.4, -0.2) is 42.2 Å². The van der Waals surface area contributed by atoms with Gasteiger partial charge in [0, 0.05) is 36.0 Å². The standard InChI is InChI=1S/C17H20N8OS2/c1-20-16(22-11-18)21-7-8-27-9-13-10-28-17(23-13)25-15(19)24-14(26)12-5-3-2-4-6-12/h2-6,10H,7-9H2,1H3,(H2,20,21,22)(H3,19,23,24,25,26). The molecule has 1 aromatic heterocycles. The lowest BCUT2D eigenvalue weighted by Gasteiger charge is -2.05. The quantitative estimate of drug-likeness (QED) is 0.176. The zero-order valence-corrected chi connectivity index (χ0v) is 16.8. The Morgan fingerprint density at radius 1 is 1.39 bits per heavy atom. The van der Waals surface area contributed by atoms with E-state index in [0.29, 0.717) is 29.0 Å². The third-order valence-corrected chi connectivity index (χ3v) is 5.00. The molecular weight excluding hydrogens is 396 g/mol. The molecule has 5 N–H and O–H groups in total. The van der Waals surface area contributed by atoms with Crippen LogP contribution in [0, 0.1) is 11.5 Å². The third kappa shape index (κ3) is 7.26. The minimum Gasteiger partial charge on any atom is -0.369 e. The molecule has 28 heavy (non-hydrogen) atoms. The Bertz CT molecular complexity index is 873. The summed E-state index contributed by atoms with van der Waals surface area (Å²) in [5.74, 6) is 1.66. The van der Waals surface area contributed by atoms with E-state index in [-0.39, 0.29) is 11.9 Å². The van der Waals surface area contributed by atoms with Crippen molar-refractivity contribution in [3.63, 3.8) is 0 Å². The Labute approximate surface area is 171 Å². The van der Waals surface area contributed by atoms with Crippen LogP contribution in [0.4, 0.5) is 5.13 Å². The Morgan fingerprint density at radius 2 is 2.18 bits per heavy atom. The Hall–Kier alpha value is -3.10. The van der Waals surface area contributed by atoms with Crippen molar-refractivity contribution >= 4 is 46.1 Å². The van der Waals surface area contributed by atoms with Crippen LogP contribution in [0.25, 0.3) is 0 Å². The summed E-state index contributed by atoms with van der Waals surface area (Å²) in [6.45, 7) is 0.666. The highest BCUT2D eigenvalue weighted by atomic mass is 32.2. The van der Waals surface area contributed by atoms with Crippen LogP contribution in [-0.2, 0) is 5.75 Å². The van der Waals surface area contributed by atoms with E-state index in [1.54, 1.807) is 43.1 Å².